The molecule has 1 saturated heterocycles. The SMILES string of the molecule is Cc1noc(C)c1S(=O)(=O)N1CCCN(C(=O)[C@H](C)Oc2ccccc2F)CC1. The van der Waals surface area contributed by atoms with E-state index >= 15 is 0 Å². The van der Waals surface area contributed by atoms with Gasteiger partial charge in [-0.3, -0.25) is 4.79 Å². The molecule has 1 fully saturated rings. The number of hydrogen-bond donors (Lipinski definition) is 0. The maximum Gasteiger partial charge on any atom is 0.263 e. The molecule has 3 rings (SSSR count). The van der Waals surface area contributed by atoms with Crippen molar-refractivity contribution in [2.24, 2.45) is 0 Å². The summed E-state index contributed by atoms with van der Waals surface area (Å²) < 4.78 is 51.5. The summed E-state index contributed by atoms with van der Waals surface area (Å²) in [6.45, 7) is 5.71. The van der Waals surface area contributed by atoms with E-state index in [-0.39, 0.29) is 41.9 Å². The van der Waals surface area contributed by atoms with E-state index in [0.717, 1.165) is 0 Å². The second kappa shape index (κ2) is 8.50. The average Bonchev–Trinajstić information content (AvgIpc) is 2.88. The number of halogens is 1. The van der Waals surface area contributed by atoms with Crippen molar-refractivity contribution in [3.8, 4) is 5.75 Å². The van der Waals surface area contributed by atoms with Crippen molar-refractivity contribution in [1.82, 2.24) is 14.4 Å². The Balaban J connectivity index is 1.68. The predicted octanol–water partition coefficient (Wildman–Crippen LogP) is 2.12. The lowest BCUT2D eigenvalue weighted by molar-refractivity contribution is -0.137. The summed E-state index contributed by atoms with van der Waals surface area (Å²) in [4.78, 5) is 14.4. The van der Waals surface area contributed by atoms with Crippen LogP contribution in [0.1, 0.15) is 24.8 Å². The summed E-state index contributed by atoms with van der Waals surface area (Å²) in [5, 5.41) is 3.72. The minimum atomic E-state index is -3.77. The maximum absolute atomic E-state index is 13.8. The number of carbonyl (C=O) groups excluding carboxylic acids is 1. The summed E-state index contributed by atoms with van der Waals surface area (Å²) in [6, 6.07) is 5.88. The molecule has 0 aliphatic carbocycles. The number of para-hydroxylation sites is 1. The summed E-state index contributed by atoms with van der Waals surface area (Å²) in [5.74, 6) is -0.609. The van der Waals surface area contributed by atoms with Crippen LogP contribution in [0.2, 0.25) is 0 Å². The highest BCUT2D eigenvalue weighted by Gasteiger charge is 2.33. The molecular formula is C19H24FN3O5S. The number of aryl methyl sites for hydroxylation is 2. The van der Waals surface area contributed by atoms with Crippen molar-refractivity contribution in [2.45, 2.75) is 38.2 Å². The number of aromatic nitrogens is 1. The van der Waals surface area contributed by atoms with Crippen molar-refractivity contribution >= 4 is 15.9 Å². The van der Waals surface area contributed by atoms with E-state index in [2.05, 4.69) is 5.16 Å². The number of ether oxygens (including phenoxy) is 1. The first-order chi connectivity index (χ1) is 13.7. The smallest absolute Gasteiger partial charge is 0.263 e. The van der Waals surface area contributed by atoms with E-state index in [0.29, 0.717) is 18.7 Å². The Bertz CT molecular complexity index is 972. The zero-order valence-electron chi connectivity index (χ0n) is 16.6. The Morgan fingerprint density at radius 3 is 2.59 bits per heavy atom. The fourth-order valence-electron chi connectivity index (χ4n) is 3.36. The first kappa shape index (κ1) is 21.3. The third-order valence-corrected chi connectivity index (χ3v) is 6.96. The van der Waals surface area contributed by atoms with E-state index in [4.69, 9.17) is 9.26 Å². The number of carbonyl (C=O) groups is 1. The van der Waals surface area contributed by atoms with Crippen molar-refractivity contribution in [3.05, 3.63) is 41.5 Å². The number of hydrogen-bond acceptors (Lipinski definition) is 6. The molecule has 8 nitrogen and oxygen atoms in total. The first-order valence-electron chi connectivity index (χ1n) is 9.35. The van der Waals surface area contributed by atoms with Crippen LogP contribution in [0, 0.1) is 19.7 Å². The summed E-state index contributed by atoms with van der Waals surface area (Å²) in [6.07, 6.45) is -0.418. The predicted molar refractivity (Wildman–Crippen MR) is 102 cm³/mol. The standard InChI is InChI=1S/C19H24FN3O5S/c1-13-18(14(2)28-21-13)29(25,26)23-10-6-9-22(11-12-23)19(24)15(3)27-17-8-5-4-7-16(17)20/h4-5,7-8,15H,6,9-12H2,1-3H3/t15-/m0/s1. The van der Waals surface area contributed by atoms with Crippen LogP contribution in [0.25, 0.3) is 0 Å². The maximum atomic E-state index is 13.8. The van der Waals surface area contributed by atoms with Crippen molar-refractivity contribution in [2.75, 3.05) is 26.2 Å². The van der Waals surface area contributed by atoms with Gasteiger partial charge in [-0.05, 0) is 39.3 Å². The molecule has 2 heterocycles. The van der Waals surface area contributed by atoms with Crippen molar-refractivity contribution < 1.29 is 26.9 Å². The molecule has 10 heteroatoms. The van der Waals surface area contributed by atoms with Gasteiger partial charge in [0.15, 0.2) is 23.4 Å². The molecule has 29 heavy (non-hydrogen) atoms. The van der Waals surface area contributed by atoms with Gasteiger partial charge in [0.25, 0.3) is 5.91 Å². The molecule has 2 aromatic rings. The highest BCUT2D eigenvalue weighted by Crippen LogP contribution is 2.24. The molecular weight excluding hydrogens is 401 g/mol. The summed E-state index contributed by atoms with van der Waals surface area (Å²) in [5.41, 5.74) is 0.312. The van der Waals surface area contributed by atoms with Gasteiger partial charge in [0.1, 0.15) is 10.6 Å². The van der Waals surface area contributed by atoms with Gasteiger partial charge < -0.3 is 14.2 Å². The minimum absolute atomic E-state index is 0.00536. The molecule has 1 aromatic heterocycles. The molecule has 1 aliphatic rings. The quantitative estimate of drug-likeness (QED) is 0.729. The highest BCUT2D eigenvalue weighted by atomic mass is 32.2. The monoisotopic (exact) mass is 425 g/mol. The fourth-order valence-corrected chi connectivity index (χ4v) is 5.13. The average molecular weight is 425 g/mol. The lowest BCUT2D eigenvalue weighted by Crippen LogP contribution is -2.43. The highest BCUT2D eigenvalue weighted by molar-refractivity contribution is 7.89. The molecule has 1 aliphatic heterocycles. The van der Waals surface area contributed by atoms with Crippen LogP contribution in [0.4, 0.5) is 4.39 Å². The van der Waals surface area contributed by atoms with Gasteiger partial charge in [-0.2, -0.15) is 4.31 Å². The third kappa shape index (κ3) is 4.43. The lowest BCUT2D eigenvalue weighted by Gasteiger charge is -2.25. The Labute approximate surface area is 169 Å². The molecule has 0 radical (unpaired) electrons. The van der Waals surface area contributed by atoms with Gasteiger partial charge in [0.2, 0.25) is 10.0 Å². The third-order valence-electron chi connectivity index (χ3n) is 4.82. The van der Waals surface area contributed by atoms with E-state index < -0.39 is 21.9 Å². The van der Waals surface area contributed by atoms with Crippen molar-refractivity contribution in [1.29, 1.82) is 0 Å². The van der Waals surface area contributed by atoms with Crippen LogP contribution in [0.3, 0.4) is 0 Å². The van der Waals surface area contributed by atoms with Crippen LogP contribution in [-0.2, 0) is 14.8 Å². The van der Waals surface area contributed by atoms with E-state index in [1.807, 2.05) is 0 Å². The topological polar surface area (TPSA) is 93.0 Å². The molecule has 1 atom stereocenters. The Morgan fingerprint density at radius 2 is 1.93 bits per heavy atom. The molecule has 158 valence electrons. The van der Waals surface area contributed by atoms with Gasteiger partial charge in [-0.1, -0.05) is 17.3 Å². The Morgan fingerprint density at radius 1 is 1.21 bits per heavy atom. The summed E-state index contributed by atoms with van der Waals surface area (Å²) in [7, 11) is -3.77. The molecule has 0 spiro atoms. The van der Waals surface area contributed by atoms with Crippen molar-refractivity contribution in [3.63, 3.8) is 0 Å². The molecule has 0 bridgehead atoms. The Kier molecular flexibility index (Phi) is 6.23. The number of amides is 1. The molecule has 1 amide bonds. The number of sulfonamides is 1. The van der Waals surface area contributed by atoms with Crippen LogP contribution < -0.4 is 4.74 Å². The van der Waals surface area contributed by atoms with Crippen LogP contribution in [0.5, 0.6) is 5.75 Å². The van der Waals surface area contributed by atoms with E-state index in [1.54, 1.807) is 31.7 Å². The molecule has 0 unspecified atom stereocenters. The minimum Gasteiger partial charge on any atom is -0.478 e. The second-order valence-electron chi connectivity index (χ2n) is 6.93. The van der Waals surface area contributed by atoms with Gasteiger partial charge in [0.05, 0.1) is 0 Å². The Hall–Kier alpha value is -2.46. The molecule has 0 N–H and O–H groups in total. The van der Waals surface area contributed by atoms with Gasteiger partial charge >= 0.3 is 0 Å². The second-order valence-corrected chi connectivity index (χ2v) is 8.80. The van der Waals surface area contributed by atoms with Crippen LogP contribution in [-0.4, -0.2) is 61.0 Å². The zero-order chi connectivity index (χ0) is 21.2. The molecule has 1 aromatic carbocycles. The van der Waals surface area contributed by atoms with E-state index in [9.17, 15) is 17.6 Å². The van der Waals surface area contributed by atoms with Crippen LogP contribution in [0.15, 0.2) is 33.7 Å². The van der Waals surface area contributed by atoms with Crippen LogP contribution >= 0.6 is 0 Å². The molecule has 0 saturated carbocycles. The van der Waals surface area contributed by atoms with Gasteiger partial charge in [0, 0.05) is 26.2 Å². The van der Waals surface area contributed by atoms with Gasteiger partial charge in [-0.25, -0.2) is 12.8 Å². The number of rotatable bonds is 5. The summed E-state index contributed by atoms with van der Waals surface area (Å²) >= 11 is 0. The zero-order valence-corrected chi connectivity index (χ0v) is 17.4. The lowest BCUT2D eigenvalue weighted by atomic mass is 10.3. The van der Waals surface area contributed by atoms with Gasteiger partial charge in [-0.15, -0.1) is 0 Å². The number of benzene rings is 1. The fraction of sp³-hybridized carbons (Fsp3) is 0.474. The largest absolute Gasteiger partial charge is 0.478 e. The number of nitrogens with zero attached hydrogens (tertiary/aromatic N) is 3. The normalized spacial score (nSPS) is 17.0. The first-order valence-corrected chi connectivity index (χ1v) is 10.8. The van der Waals surface area contributed by atoms with E-state index in [1.165, 1.54) is 22.5 Å².